The monoisotopic (exact) mass is 474 g/mol. The molecule has 1 saturated heterocycles. The highest BCUT2D eigenvalue weighted by atomic mass is 19.2. The van der Waals surface area contributed by atoms with E-state index in [0.717, 1.165) is 6.07 Å². The number of aliphatic hydroxyl groups excluding tert-OH is 1. The van der Waals surface area contributed by atoms with Crippen LogP contribution in [0.25, 0.3) is 5.52 Å². The molecular weight excluding hydrogens is 449 g/mol. The van der Waals surface area contributed by atoms with Crippen LogP contribution in [0.2, 0.25) is 0 Å². The molecule has 0 spiro atoms. The van der Waals surface area contributed by atoms with Crippen LogP contribution in [-0.2, 0) is 4.79 Å². The van der Waals surface area contributed by atoms with Crippen LogP contribution in [-0.4, -0.2) is 56.4 Å². The first kappa shape index (κ1) is 23.7. The summed E-state index contributed by atoms with van der Waals surface area (Å²) in [4.78, 5) is 31.5. The number of amides is 2. The molecule has 2 aromatic heterocycles. The van der Waals surface area contributed by atoms with Crippen LogP contribution in [0.1, 0.15) is 42.1 Å². The average molecular weight is 474 g/mol. The molecule has 0 radical (unpaired) electrons. The zero-order valence-electron chi connectivity index (χ0n) is 18.7. The number of benzene rings is 1. The molecule has 3 atom stereocenters. The second kappa shape index (κ2) is 9.46. The predicted molar refractivity (Wildman–Crippen MR) is 118 cm³/mol. The lowest BCUT2D eigenvalue weighted by molar-refractivity contribution is -0.132. The Kier molecular flexibility index (Phi) is 6.60. The molecular formula is C24H25F3N4O3. The first-order chi connectivity index (χ1) is 16.2. The van der Waals surface area contributed by atoms with Crippen LogP contribution in [0.15, 0.2) is 43.0 Å². The van der Waals surface area contributed by atoms with Crippen molar-refractivity contribution in [3.63, 3.8) is 0 Å². The molecule has 1 aliphatic heterocycles. The van der Waals surface area contributed by atoms with Crippen molar-refractivity contribution in [1.82, 2.24) is 19.6 Å². The SMILES string of the molecule is CC(C)[C@@H](O)C(=O)N[C@@H]1CN(C(=O)c2cccn3cncc23)CC[C@H]1c1cc(F)cc(F)c1F. The number of nitrogens with zero attached hydrogens (tertiary/aromatic N) is 3. The Labute approximate surface area is 194 Å². The summed E-state index contributed by atoms with van der Waals surface area (Å²) in [7, 11) is 0. The van der Waals surface area contributed by atoms with Crippen molar-refractivity contribution in [2.75, 3.05) is 13.1 Å². The number of aromatic nitrogens is 2. The molecule has 3 aromatic rings. The molecule has 2 amide bonds. The molecule has 3 heterocycles. The third kappa shape index (κ3) is 4.50. The fourth-order valence-electron chi connectivity index (χ4n) is 4.37. The number of rotatable bonds is 5. The van der Waals surface area contributed by atoms with Crippen LogP contribution >= 0.6 is 0 Å². The third-order valence-electron chi connectivity index (χ3n) is 6.23. The van der Waals surface area contributed by atoms with Crippen LogP contribution in [0.5, 0.6) is 0 Å². The van der Waals surface area contributed by atoms with Crippen LogP contribution in [0.3, 0.4) is 0 Å². The summed E-state index contributed by atoms with van der Waals surface area (Å²) < 4.78 is 44.2. The molecule has 4 rings (SSSR count). The fourth-order valence-corrected chi connectivity index (χ4v) is 4.37. The number of hydrogen-bond donors (Lipinski definition) is 2. The zero-order valence-corrected chi connectivity index (χ0v) is 18.7. The first-order valence-corrected chi connectivity index (χ1v) is 11.0. The van der Waals surface area contributed by atoms with Crippen LogP contribution < -0.4 is 5.32 Å². The summed E-state index contributed by atoms with van der Waals surface area (Å²) >= 11 is 0. The van der Waals surface area contributed by atoms with Crippen LogP contribution in [0.4, 0.5) is 13.2 Å². The summed E-state index contributed by atoms with van der Waals surface area (Å²) in [5.74, 6) is -5.67. The van der Waals surface area contributed by atoms with Gasteiger partial charge < -0.3 is 19.7 Å². The van der Waals surface area contributed by atoms with Gasteiger partial charge in [0.15, 0.2) is 11.6 Å². The number of piperidine rings is 1. The Hall–Kier alpha value is -3.40. The number of aliphatic hydroxyl groups is 1. The summed E-state index contributed by atoms with van der Waals surface area (Å²) in [5, 5.41) is 12.8. The molecule has 0 aliphatic carbocycles. The van der Waals surface area contributed by atoms with E-state index in [0.29, 0.717) is 17.1 Å². The van der Waals surface area contributed by atoms with E-state index in [2.05, 4.69) is 10.3 Å². The molecule has 1 aliphatic rings. The van der Waals surface area contributed by atoms with Gasteiger partial charge in [0.05, 0.1) is 29.6 Å². The minimum atomic E-state index is -1.33. The van der Waals surface area contributed by atoms with E-state index in [1.807, 2.05) is 0 Å². The maximum absolute atomic E-state index is 14.6. The number of fused-ring (bicyclic) bond motifs is 1. The van der Waals surface area contributed by atoms with Gasteiger partial charge in [-0.15, -0.1) is 0 Å². The molecule has 2 N–H and O–H groups in total. The van der Waals surface area contributed by atoms with Gasteiger partial charge in [0.1, 0.15) is 11.9 Å². The standard InChI is InChI=1S/C24H25F3N4O3/c1-13(2)22(32)23(33)29-19-11-30(24(34)16-4-3-6-31-12-28-10-20(16)31)7-5-15(19)17-8-14(25)9-18(26)21(17)27/h3-4,6,8-10,12-13,15,19,22,32H,5,7,11H2,1-2H3,(H,29,33)/t15-,19+,22+/m0/s1. The van der Waals surface area contributed by atoms with Crippen molar-refractivity contribution < 1.29 is 27.9 Å². The largest absolute Gasteiger partial charge is 0.383 e. The Morgan fingerprint density at radius 2 is 2.00 bits per heavy atom. The van der Waals surface area contributed by atoms with Gasteiger partial charge in [-0.1, -0.05) is 13.8 Å². The zero-order chi connectivity index (χ0) is 24.6. The minimum absolute atomic E-state index is 0.0349. The summed E-state index contributed by atoms with van der Waals surface area (Å²) in [6.45, 7) is 3.46. The quantitative estimate of drug-likeness (QED) is 0.557. The fraction of sp³-hybridized carbons (Fsp3) is 0.375. The van der Waals surface area contributed by atoms with E-state index in [9.17, 15) is 27.9 Å². The highest BCUT2D eigenvalue weighted by molar-refractivity contribution is 6.00. The Balaban J connectivity index is 1.66. The van der Waals surface area contributed by atoms with Crippen molar-refractivity contribution >= 4 is 17.3 Å². The van der Waals surface area contributed by atoms with E-state index in [1.54, 1.807) is 49.1 Å². The third-order valence-corrected chi connectivity index (χ3v) is 6.23. The Morgan fingerprint density at radius 1 is 1.24 bits per heavy atom. The lowest BCUT2D eigenvalue weighted by atomic mass is 9.84. The molecule has 1 fully saturated rings. The molecule has 34 heavy (non-hydrogen) atoms. The number of imidazole rings is 1. The van der Waals surface area contributed by atoms with Crippen LogP contribution in [0, 0.1) is 23.4 Å². The molecule has 10 heteroatoms. The van der Waals surface area contributed by atoms with Gasteiger partial charge >= 0.3 is 0 Å². The van der Waals surface area contributed by atoms with Gasteiger partial charge in [0.25, 0.3) is 5.91 Å². The van der Waals surface area contributed by atoms with Gasteiger partial charge in [0, 0.05) is 31.3 Å². The lowest BCUT2D eigenvalue weighted by Gasteiger charge is -2.40. The van der Waals surface area contributed by atoms with Gasteiger partial charge in [-0.2, -0.15) is 0 Å². The Bertz CT molecular complexity index is 1230. The number of likely N-dealkylation sites (tertiary alicyclic amines) is 1. The molecule has 180 valence electrons. The highest BCUT2D eigenvalue weighted by Crippen LogP contribution is 2.33. The molecule has 1 aromatic carbocycles. The van der Waals surface area contributed by atoms with Gasteiger partial charge in [-0.05, 0) is 36.1 Å². The maximum Gasteiger partial charge on any atom is 0.256 e. The topological polar surface area (TPSA) is 86.9 Å². The van der Waals surface area contributed by atoms with Crippen molar-refractivity contribution in [1.29, 1.82) is 0 Å². The molecule has 7 nitrogen and oxygen atoms in total. The highest BCUT2D eigenvalue weighted by Gasteiger charge is 2.37. The van der Waals surface area contributed by atoms with E-state index in [-0.39, 0.29) is 36.9 Å². The van der Waals surface area contributed by atoms with Gasteiger partial charge in [-0.25, -0.2) is 18.2 Å². The number of carbonyl (C=O) groups is 2. The van der Waals surface area contributed by atoms with Gasteiger partial charge in [-0.3, -0.25) is 9.59 Å². The molecule has 0 bridgehead atoms. The molecule has 0 unspecified atom stereocenters. The van der Waals surface area contributed by atoms with Crippen molar-refractivity contribution in [2.24, 2.45) is 5.92 Å². The van der Waals surface area contributed by atoms with Crippen molar-refractivity contribution in [3.8, 4) is 0 Å². The first-order valence-electron chi connectivity index (χ1n) is 11.0. The number of carbonyl (C=O) groups excluding carboxylic acids is 2. The second-order valence-corrected chi connectivity index (χ2v) is 8.85. The second-order valence-electron chi connectivity index (χ2n) is 8.85. The predicted octanol–water partition coefficient (Wildman–Crippen LogP) is 2.88. The van der Waals surface area contributed by atoms with E-state index in [4.69, 9.17) is 0 Å². The number of nitrogens with one attached hydrogen (secondary N) is 1. The summed E-state index contributed by atoms with van der Waals surface area (Å²) in [6.07, 6.45) is 3.69. The smallest absolute Gasteiger partial charge is 0.256 e. The van der Waals surface area contributed by atoms with Crippen molar-refractivity contribution in [3.05, 3.63) is 71.6 Å². The Morgan fingerprint density at radius 3 is 2.74 bits per heavy atom. The van der Waals surface area contributed by atoms with Gasteiger partial charge in [0.2, 0.25) is 5.91 Å². The summed E-state index contributed by atoms with van der Waals surface area (Å²) in [6, 6.07) is 3.85. The van der Waals surface area contributed by atoms with Crippen molar-refractivity contribution in [2.45, 2.75) is 38.3 Å². The number of hydrogen-bond acceptors (Lipinski definition) is 4. The lowest BCUT2D eigenvalue weighted by Crippen LogP contribution is -2.55. The van der Waals surface area contributed by atoms with E-state index in [1.165, 1.54) is 4.90 Å². The number of pyridine rings is 1. The van der Waals surface area contributed by atoms with E-state index < -0.39 is 41.4 Å². The molecule has 0 saturated carbocycles. The van der Waals surface area contributed by atoms with E-state index >= 15 is 0 Å². The maximum atomic E-state index is 14.6. The summed E-state index contributed by atoms with van der Waals surface area (Å²) in [5.41, 5.74) is 0.782. The normalized spacial score (nSPS) is 19.4. The average Bonchev–Trinajstić information content (AvgIpc) is 3.29. The minimum Gasteiger partial charge on any atom is -0.383 e. The number of halogens is 3.